The van der Waals surface area contributed by atoms with E-state index in [0.29, 0.717) is 43.5 Å². The summed E-state index contributed by atoms with van der Waals surface area (Å²) in [6, 6.07) is 24.2. The molecule has 0 aromatic heterocycles. The zero-order valence-electron chi connectivity index (χ0n) is 25.8. The van der Waals surface area contributed by atoms with Gasteiger partial charge in [-0.05, 0) is 73.4 Å². The van der Waals surface area contributed by atoms with Gasteiger partial charge in [-0.25, -0.2) is 9.59 Å². The molecule has 8 nitrogen and oxygen atoms in total. The van der Waals surface area contributed by atoms with Crippen LogP contribution in [-0.2, 0) is 16.0 Å². The van der Waals surface area contributed by atoms with Gasteiger partial charge in [0, 0.05) is 25.3 Å². The van der Waals surface area contributed by atoms with Crippen LogP contribution in [-0.4, -0.2) is 54.4 Å². The number of carbonyl (C=O) groups excluding carboxylic acids is 1. The van der Waals surface area contributed by atoms with Crippen molar-refractivity contribution in [1.82, 2.24) is 4.90 Å². The summed E-state index contributed by atoms with van der Waals surface area (Å²) in [5.41, 5.74) is 1.56. The first-order valence-electron chi connectivity index (χ1n) is 15.9. The summed E-state index contributed by atoms with van der Waals surface area (Å²) >= 11 is 0. The van der Waals surface area contributed by atoms with Gasteiger partial charge in [0.1, 0.15) is 23.9 Å². The van der Waals surface area contributed by atoms with Crippen molar-refractivity contribution in [3.05, 3.63) is 84.4 Å². The SMILES string of the molecule is CCOC(Cc1ccc(OCCN(CCCCC2CCCCC2)C(=O)Nc2ccc(Oc3ccccc3)cc2)cc1)C(=O)O. The smallest absolute Gasteiger partial charge is 0.333 e. The Bertz CT molecular complexity index is 1260. The molecule has 236 valence electrons. The largest absolute Gasteiger partial charge is 0.492 e. The second-order valence-corrected chi connectivity index (χ2v) is 11.3. The summed E-state index contributed by atoms with van der Waals surface area (Å²) < 4.78 is 17.2. The van der Waals surface area contributed by atoms with Crippen LogP contribution in [0.2, 0.25) is 0 Å². The zero-order chi connectivity index (χ0) is 31.0. The van der Waals surface area contributed by atoms with Gasteiger partial charge in [-0.15, -0.1) is 0 Å². The zero-order valence-corrected chi connectivity index (χ0v) is 25.8. The lowest BCUT2D eigenvalue weighted by atomic mass is 9.86. The molecule has 1 aliphatic carbocycles. The molecule has 1 atom stereocenters. The quantitative estimate of drug-likeness (QED) is 0.151. The number of amides is 2. The summed E-state index contributed by atoms with van der Waals surface area (Å²) in [7, 11) is 0. The molecule has 0 heterocycles. The Morgan fingerprint density at radius 3 is 2.23 bits per heavy atom. The summed E-state index contributed by atoms with van der Waals surface area (Å²) in [5, 5.41) is 12.4. The average molecular weight is 603 g/mol. The van der Waals surface area contributed by atoms with E-state index in [4.69, 9.17) is 14.2 Å². The van der Waals surface area contributed by atoms with Gasteiger partial charge < -0.3 is 29.5 Å². The predicted molar refractivity (Wildman–Crippen MR) is 173 cm³/mol. The van der Waals surface area contributed by atoms with Crippen molar-refractivity contribution in [2.45, 2.75) is 70.8 Å². The molecule has 1 fully saturated rings. The first kappa shape index (κ1) is 32.9. The highest BCUT2D eigenvalue weighted by Crippen LogP contribution is 2.28. The second kappa shape index (κ2) is 17.9. The maximum atomic E-state index is 13.4. The van der Waals surface area contributed by atoms with Crippen molar-refractivity contribution in [3.63, 3.8) is 0 Å². The Morgan fingerprint density at radius 1 is 0.864 bits per heavy atom. The number of urea groups is 1. The summed E-state index contributed by atoms with van der Waals surface area (Å²) in [4.78, 5) is 26.6. The monoisotopic (exact) mass is 602 g/mol. The van der Waals surface area contributed by atoms with E-state index in [1.54, 1.807) is 6.92 Å². The maximum absolute atomic E-state index is 13.4. The predicted octanol–water partition coefficient (Wildman–Crippen LogP) is 8.17. The van der Waals surface area contributed by atoms with E-state index in [1.807, 2.05) is 83.8 Å². The van der Waals surface area contributed by atoms with Gasteiger partial charge >= 0.3 is 12.0 Å². The number of para-hydroxylation sites is 1. The van der Waals surface area contributed by atoms with Crippen molar-refractivity contribution in [2.24, 2.45) is 5.92 Å². The van der Waals surface area contributed by atoms with Crippen molar-refractivity contribution >= 4 is 17.7 Å². The van der Waals surface area contributed by atoms with Crippen molar-refractivity contribution in [3.8, 4) is 17.2 Å². The van der Waals surface area contributed by atoms with Crippen LogP contribution < -0.4 is 14.8 Å². The number of carboxylic acids is 1. The molecule has 8 heteroatoms. The van der Waals surface area contributed by atoms with Crippen LogP contribution in [0.3, 0.4) is 0 Å². The fourth-order valence-electron chi connectivity index (χ4n) is 5.59. The number of aliphatic carboxylic acids is 1. The summed E-state index contributed by atoms with van der Waals surface area (Å²) in [5.74, 6) is 1.98. The van der Waals surface area contributed by atoms with Crippen LogP contribution in [0, 0.1) is 5.92 Å². The summed E-state index contributed by atoms with van der Waals surface area (Å²) in [6.07, 6.45) is 9.44. The Hall–Kier alpha value is -4.04. The van der Waals surface area contributed by atoms with E-state index in [9.17, 15) is 14.7 Å². The first-order chi connectivity index (χ1) is 21.5. The van der Waals surface area contributed by atoms with Crippen molar-refractivity contribution in [2.75, 3.05) is 31.6 Å². The van der Waals surface area contributed by atoms with Crippen LogP contribution >= 0.6 is 0 Å². The number of benzene rings is 3. The highest BCUT2D eigenvalue weighted by Gasteiger charge is 2.19. The number of hydrogen-bond donors (Lipinski definition) is 2. The number of nitrogens with one attached hydrogen (secondary N) is 1. The third-order valence-corrected chi connectivity index (χ3v) is 8.00. The van der Waals surface area contributed by atoms with Crippen LogP contribution in [0.5, 0.6) is 17.2 Å². The minimum Gasteiger partial charge on any atom is -0.492 e. The lowest BCUT2D eigenvalue weighted by Gasteiger charge is -2.25. The van der Waals surface area contributed by atoms with Gasteiger partial charge in [-0.2, -0.15) is 0 Å². The van der Waals surface area contributed by atoms with Gasteiger partial charge in [0.15, 0.2) is 6.10 Å². The van der Waals surface area contributed by atoms with Gasteiger partial charge in [-0.3, -0.25) is 0 Å². The third kappa shape index (κ3) is 11.2. The Balaban J connectivity index is 1.29. The highest BCUT2D eigenvalue weighted by atomic mass is 16.5. The Morgan fingerprint density at radius 2 is 1.55 bits per heavy atom. The number of rotatable bonds is 17. The summed E-state index contributed by atoms with van der Waals surface area (Å²) in [6.45, 7) is 3.57. The number of carbonyl (C=O) groups is 2. The lowest BCUT2D eigenvalue weighted by Crippen LogP contribution is -2.38. The molecular formula is C36H46N2O6. The molecule has 3 aromatic rings. The van der Waals surface area contributed by atoms with Gasteiger partial charge in [-0.1, -0.05) is 75.3 Å². The maximum Gasteiger partial charge on any atom is 0.333 e. The first-order valence-corrected chi connectivity index (χ1v) is 15.9. The standard InChI is InChI=1S/C36H46N2O6/c1-2-42-34(35(39)40)27-29-16-20-31(21-17-29)43-26-25-38(24-10-9-13-28-11-5-3-6-12-28)36(41)37-30-18-22-33(23-19-30)44-32-14-7-4-8-15-32/h4,7-8,14-23,28,34H,2-3,5-6,9-13,24-27H2,1H3,(H,37,41)(H,39,40). The minimum atomic E-state index is -0.972. The normalized spacial score (nSPS) is 14.0. The molecule has 4 rings (SSSR count). The molecule has 44 heavy (non-hydrogen) atoms. The minimum absolute atomic E-state index is 0.158. The Kier molecular flexibility index (Phi) is 13.4. The van der Waals surface area contributed by atoms with Crippen LogP contribution in [0.25, 0.3) is 0 Å². The average Bonchev–Trinajstić information content (AvgIpc) is 3.04. The van der Waals surface area contributed by atoms with E-state index in [1.165, 1.54) is 38.5 Å². The molecule has 1 aliphatic rings. The molecule has 0 spiro atoms. The molecule has 1 unspecified atom stereocenters. The van der Waals surface area contributed by atoms with Gasteiger partial charge in [0.25, 0.3) is 0 Å². The van der Waals surface area contributed by atoms with Crippen LogP contribution in [0.4, 0.5) is 10.5 Å². The van der Waals surface area contributed by atoms with Crippen LogP contribution in [0.15, 0.2) is 78.9 Å². The van der Waals surface area contributed by atoms with E-state index < -0.39 is 12.1 Å². The number of nitrogens with zero attached hydrogens (tertiary/aromatic N) is 1. The van der Waals surface area contributed by atoms with Crippen LogP contribution in [0.1, 0.15) is 63.9 Å². The molecule has 0 saturated heterocycles. The molecule has 0 radical (unpaired) electrons. The molecule has 1 saturated carbocycles. The molecule has 0 bridgehead atoms. The van der Waals surface area contributed by atoms with E-state index >= 15 is 0 Å². The highest BCUT2D eigenvalue weighted by molar-refractivity contribution is 5.89. The Labute approximate surface area is 261 Å². The fraction of sp³-hybridized carbons (Fsp3) is 0.444. The number of carboxylic acid groups (broad SMARTS) is 1. The number of hydrogen-bond acceptors (Lipinski definition) is 5. The number of anilines is 1. The molecule has 2 amide bonds. The van der Waals surface area contributed by atoms with E-state index in [0.717, 1.165) is 30.1 Å². The van der Waals surface area contributed by atoms with E-state index in [-0.39, 0.29) is 12.5 Å². The second-order valence-electron chi connectivity index (χ2n) is 11.3. The number of ether oxygens (including phenoxy) is 3. The van der Waals surface area contributed by atoms with Crippen molar-refractivity contribution in [1.29, 1.82) is 0 Å². The van der Waals surface area contributed by atoms with E-state index in [2.05, 4.69) is 5.32 Å². The van der Waals surface area contributed by atoms with Gasteiger partial charge in [0.2, 0.25) is 0 Å². The fourth-order valence-corrected chi connectivity index (χ4v) is 5.59. The lowest BCUT2D eigenvalue weighted by molar-refractivity contribution is -0.149. The van der Waals surface area contributed by atoms with Gasteiger partial charge in [0.05, 0.1) is 6.54 Å². The topological polar surface area (TPSA) is 97.3 Å². The molecule has 3 aromatic carbocycles. The molecule has 0 aliphatic heterocycles. The number of unbranched alkanes of at least 4 members (excludes halogenated alkanes) is 1. The molecular weight excluding hydrogens is 556 g/mol. The third-order valence-electron chi connectivity index (χ3n) is 8.00. The molecule has 2 N–H and O–H groups in total. The van der Waals surface area contributed by atoms with Crippen molar-refractivity contribution < 1.29 is 28.9 Å².